The Morgan fingerprint density at radius 3 is 2.95 bits per heavy atom. The number of anilines is 2. The highest BCUT2D eigenvalue weighted by Crippen LogP contribution is 2.17. The fourth-order valence-electron chi connectivity index (χ4n) is 1.58. The van der Waals surface area contributed by atoms with Gasteiger partial charge in [-0.15, -0.1) is 0 Å². The van der Waals surface area contributed by atoms with Crippen LogP contribution in [-0.2, 0) is 4.79 Å². The molecule has 0 saturated carbocycles. The first kappa shape index (κ1) is 14.1. The number of carbonyl (C=O) groups is 1. The predicted molar refractivity (Wildman–Crippen MR) is 79.0 cm³/mol. The smallest absolute Gasteiger partial charge is 0.262 e. The van der Waals surface area contributed by atoms with Crippen LogP contribution in [0.25, 0.3) is 0 Å². The van der Waals surface area contributed by atoms with Crippen molar-refractivity contribution in [3.05, 3.63) is 47.2 Å². The third kappa shape index (κ3) is 3.86. The van der Waals surface area contributed by atoms with Gasteiger partial charge in [-0.1, -0.05) is 17.7 Å². The summed E-state index contributed by atoms with van der Waals surface area (Å²) in [6, 6.07) is 8.64. The number of pyridine rings is 1. The molecule has 0 unspecified atom stereocenters. The van der Waals surface area contributed by atoms with Crippen LogP contribution in [0.5, 0.6) is 5.75 Å². The van der Waals surface area contributed by atoms with E-state index in [4.69, 9.17) is 22.1 Å². The topological polar surface area (TPSA) is 77.2 Å². The molecule has 1 heterocycles. The minimum atomic E-state index is -0.282. The summed E-state index contributed by atoms with van der Waals surface area (Å²) in [6.07, 6.45) is 1.49. The Hall–Kier alpha value is -2.27. The largest absolute Gasteiger partial charge is 0.484 e. The van der Waals surface area contributed by atoms with Crippen molar-refractivity contribution in [1.82, 2.24) is 4.98 Å². The van der Waals surface area contributed by atoms with E-state index in [2.05, 4.69) is 10.3 Å². The average molecular weight is 292 g/mol. The molecule has 104 valence electrons. The lowest BCUT2D eigenvalue weighted by molar-refractivity contribution is -0.118. The van der Waals surface area contributed by atoms with E-state index in [9.17, 15) is 4.79 Å². The van der Waals surface area contributed by atoms with Gasteiger partial charge in [0.1, 0.15) is 10.9 Å². The first-order valence-electron chi connectivity index (χ1n) is 5.95. The molecule has 3 N–H and O–H groups in total. The molecule has 1 aromatic heterocycles. The minimum Gasteiger partial charge on any atom is -0.484 e. The summed E-state index contributed by atoms with van der Waals surface area (Å²) in [5.41, 5.74) is 7.57. The molecule has 0 saturated heterocycles. The highest BCUT2D eigenvalue weighted by atomic mass is 35.5. The van der Waals surface area contributed by atoms with Gasteiger partial charge in [0.2, 0.25) is 0 Å². The van der Waals surface area contributed by atoms with Crippen molar-refractivity contribution in [2.24, 2.45) is 0 Å². The maximum Gasteiger partial charge on any atom is 0.262 e. The zero-order valence-corrected chi connectivity index (χ0v) is 11.6. The summed E-state index contributed by atoms with van der Waals surface area (Å²) in [6.45, 7) is 1.71. The number of aromatic nitrogens is 1. The highest BCUT2D eigenvalue weighted by Gasteiger charge is 2.05. The molecular formula is C14H14ClN3O2. The Balaban J connectivity index is 1.91. The van der Waals surface area contributed by atoms with Crippen LogP contribution in [0.2, 0.25) is 5.15 Å². The van der Waals surface area contributed by atoms with Gasteiger partial charge in [-0.25, -0.2) is 4.98 Å². The van der Waals surface area contributed by atoms with Gasteiger partial charge in [-0.3, -0.25) is 4.79 Å². The second-order valence-corrected chi connectivity index (χ2v) is 4.60. The number of nitrogens with two attached hydrogens (primary N) is 1. The molecule has 0 atom stereocenters. The fourth-order valence-corrected chi connectivity index (χ4v) is 1.68. The first-order valence-corrected chi connectivity index (χ1v) is 6.33. The summed E-state index contributed by atoms with van der Waals surface area (Å²) in [4.78, 5) is 15.7. The number of amides is 1. The van der Waals surface area contributed by atoms with E-state index in [-0.39, 0.29) is 12.5 Å². The SMILES string of the molecule is Cc1cc(NC(=O)COc2cccc(N)c2)cnc1Cl. The summed E-state index contributed by atoms with van der Waals surface area (Å²) < 4.78 is 5.34. The number of carbonyl (C=O) groups excluding carboxylic acids is 1. The van der Waals surface area contributed by atoms with Crippen molar-refractivity contribution in [2.75, 3.05) is 17.7 Å². The summed E-state index contributed by atoms with van der Waals surface area (Å²) in [5, 5.41) is 3.09. The molecule has 0 aliphatic carbocycles. The number of nitrogen functional groups attached to an aromatic ring is 1. The monoisotopic (exact) mass is 291 g/mol. The van der Waals surface area contributed by atoms with Crippen LogP contribution in [0.3, 0.4) is 0 Å². The van der Waals surface area contributed by atoms with Gasteiger partial charge >= 0.3 is 0 Å². The Morgan fingerprint density at radius 1 is 1.45 bits per heavy atom. The fraction of sp³-hybridized carbons (Fsp3) is 0.143. The summed E-state index contributed by atoms with van der Waals surface area (Å²) in [5.74, 6) is 0.265. The lowest BCUT2D eigenvalue weighted by Gasteiger charge is -2.08. The average Bonchev–Trinajstić information content (AvgIpc) is 2.41. The minimum absolute atomic E-state index is 0.106. The lowest BCUT2D eigenvalue weighted by atomic mass is 10.3. The second-order valence-electron chi connectivity index (χ2n) is 4.24. The summed E-state index contributed by atoms with van der Waals surface area (Å²) >= 11 is 5.81. The van der Waals surface area contributed by atoms with Gasteiger partial charge in [-0.05, 0) is 30.7 Å². The van der Waals surface area contributed by atoms with Crippen molar-refractivity contribution in [3.8, 4) is 5.75 Å². The molecule has 5 nitrogen and oxygen atoms in total. The van der Waals surface area contributed by atoms with Gasteiger partial charge in [0.15, 0.2) is 6.61 Å². The van der Waals surface area contributed by atoms with Crippen LogP contribution >= 0.6 is 11.6 Å². The first-order chi connectivity index (χ1) is 9.54. The zero-order valence-electron chi connectivity index (χ0n) is 10.9. The molecule has 1 aromatic carbocycles. The molecule has 2 aromatic rings. The molecule has 0 bridgehead atoms. The van der Waals surface area contributed by atoms with Gasteiger partial charge in [0.05, 0.1) is 11.9 Å². The summed E-state index contributed by atoms with van der Waals surface area (Å²) in [7, 11) is 0. The molecule has 6 heteroatoms. The molecule has 0 fully saturated rings. The number of halogens is 1. The van der Waals surface area contributed by atoms with Gasteiger partial charge in [0.25, 0.3) is 5.91 Å². The van der Waals surface area contributed by atoms with E-state index in [0.717, 1.165) is 5.56 Å². The van der Waals surface area contributed by atoms with Crippen LogP contribution < -0.4 is 15.8 Å². The number of hydrogen-bond acceptors (Lipinski definition) is 4. The Bertz CT molecular complexity index is 632. The number of ether oxygens (including phenoxy) is 1. The molecule has 0 aliphatic heterocycles. The maximum absolute atomic E-state index is 11.7. The molecule has 2 rings (SSSR count). The van der Waals surface area contributed by atoms with Crippen molar-refractivity contribution in [3.63, 3.8) is 0 Å². The van der Waals surface area contributed by atoms with Gasteiger partial charge in [0, 0.05) is 11.8 Å². The van der Waals surface area contributed by atoms with E-state index in [1.54, 1.807) is 30.3 Å². The van der Waals surface area contributed by atoms with Crippen LogP contribution in [0, 0.1) is 6.92 Å². The Labute approximate surface area is 121 Å². The van der Waals surface area contributed by atoms with Crippen LogP contribution in [0.15, 0.2) is 36.5 Å². The van der Waals surface area contributed by atoms with E-state index in [1.807, 2.05) is 6.92 Å². The number of rotatable bonds is 4. The maximum atomic E-state index is 11.7. The van der Waals surface area contributed by atoms with Gasteiger partial charge in [-0.2, -0.15) is 0 Å². The number of hydrogen-bond donors (Lipinski definition) is 2. The zero-order chi connectivity index (χ0) is 14.5. The van der Waals surface area contributed by atoms with Crippen LogP contribution in [0.4, 0.5) is 11.4 Å². The predicted octanol–water partition coefficient (Wildman–Crippen LogP) is 2.64. The molecule has 1 amide bonds. The quantitative estimate of drug-likeness (QED) is 0.670. The van der Waals surface area contributed by atoms with E-state index in [1.165, 1.54) is 6.20 Å². The number of aryl methyl sites for hydroxylation is 1. The third-order valence-corrected chi connectivity index (χ3v) is 2.92. The van der Waals surface area contributed by atoms with Crippen LogP contribution in [-0.4, -0.2) is 17.5 Å². The van der Waals surface area contributed by atoms with Crippen molar-refractivity contribution in [1.29, 1.82) is 0 Å². The van der Waals surface area contributed by atoms with Crippen molar-refractivity contribution >= 4 is 28.9 Å². The number of nitrogens with zero attached hydrogens (tertiary/aromatic N) is 1. The molecule has 0 aliphatic rings. The molecule has 0 radical (unpaired) electrons. The van der Waals surface area contributed by atoms with E-state index in [0.29, 0.717) is 22.3 Å². The molecule has 20 heavy (non-hydrogen) atoms. The van der Waals surface area contributed by atoms with E-state index < -0.39 is 0 Å². The number of nitrogens with one attached hydrogen (secondary N) is 1. The van der Waals surface area contributed by atoms with Crippen molar-refractivity contribution < 1.29 is 9.53 Å². The Morgan fingerprint density at radius 2 is 2.25 bits per heavy atom. The van der Waals surface area contributed by atoms with Crippen LogP contribution in [0.1, 0.15) is 5.56 Å². The second kappa shape index (κ2) is 6.25. The molecule has 0 spiro atoms. The normalized spacial score (nSPS) is 10.1. The third-order valence-electron chi connectivity index (χ3n) is 2.53. The lowest BCUT2D eigenvalue weighted by Crippen LogP contribution is -2.20. The van der Waals surface area contributed by atoms with Crippen molar-refractivity contribution in [2.45, 2.75) is 6.92 Å². The highest BCUT2D eigenvalue weighted by molar-refractivity contribution is 6.30. The molecular weight excluding hydrogens is 278 g/mol. The number of benzene rings is 1. The standard InChI is InChI=1S/C14H14ClN3O2/c1-9-5-11(7-17-14(9)15)18-13(19)8-20-12-4-2-3-10(16)6-12/h2-7H,8,16H2,1H3,(H,18,19). The van der Waals surface area contributed by atoms with E-state index >= 15 is 0 Å². The Kier molecular flexibility index (Phi) is 4.42. The van der Waals surface area contributed by atoms with Gasteiger partial charge < -0.3 is 15.8 Å².